The lowest BCUT2D eigenvalue weighted by molar-refractivity contribution is -0.137. The normalized spacial score (nSPS) is 11.2. The fourth-order valence-electron chi connectivity index (χ4n) is 0.0781. The van der Waals surface area contributed by atoms with E-state index < -0.39 is 12.0 Å². The first-order valence-corrected chi connectivity index (χ1v) is 3.22. The van der Waals surface area contributed by atoms with Gasteiger partial charge in [-0.1, -0.05) is 0 Å². The number of hydrogen-bond donors (Lipinski definition) is 3. The third-order valence-electron chi connectivity index (χ3n) is 0.514. The number of nitrogens with two attached hydrogens (primary N) is 1. The lowest BCUT2D eigenvalue weighted by atomic mass is 10.4. The summed E-state index contributed by atoms with van der Waals surface area (Å²) in [5, 5.41) is 8.01. The molecule has 0 amide bonds. The monoisotopic (exact) mass is 167 g/mol. The standard InChI is InChI=1S/C3H7NO2S.C2H6O/c4-2(1-7)3(5)6;1-3-2/h2,7H,1,4H2,(H,5,6);1-2H3. The van der Waals surface area contributed by atoms with Crippen molar-refractivity contribution in [3.05, 3.63) is 0 Å². The summed E-state index contributed by atoms with van der Waals surface area (Å²) in [6, 6.07) is -0.816. The van der Waals surface area contributed by atoms with Gasteiger partial charge in [-0.25, -0.2) is 0 Å². The molecule has 0 fully saturated rings. The van der Waals surface area contributed by atoms with E-state index in [0.717, 1.165) is 0 Å². The zero-order valence-corrected chi connectivity index (χ0v) is 6.97. The molecular formula is C5H13NO3S. The number of rotatable bonds is 2. The van der Waals surface area contributed by atoms with Gasteiger partial charge in [0, 0.05) is 20.0 Å². The number of aliphatic carboxylic acids is 1. The Morgan fingerprint density at radius 3 is 2.10 bits per heavy atom. The molecule has 4 nitrogen and oxygen atoms in total. The van der Waals surface area contributed by atoms with Gasteiger partial charge in [0.05, 0.1) is 0 Å². The predicted octanol–water partition coefficient (Wildman–Crippen LogP) is -0.409. The van der Waals surface area contributed by atoms with Gasteiger partial charge in [-0.05, 0) is 0 Å². The molecule has 0 saturated carbocycles. The smallest absolute Gasteiger partial charge is 0.321 e. The highest BCUT2D eigenvalue weighted by atomic mass is 32.1. The van der Waals surface area contributed by atoms with E-state index in [1.54, 1.807) is 14.2 Å². The zero-order valence-electron chi connectivity index (χ0n) is 6.07. The molecule has 3 N–H and O–H groups in total. The topological polar surface area (TPSA) is 72.5 Å². The quantitative estimate of drug-likeness (QED) is 0.489. The minimum absolute atomic E-state index is 0.190. The number of carboxylic acid groups (broad SMARTS) is 1. The Hall–Kier alpha value is -0.260. The van der Waals surface area contributed by atoms with Gasteiger partial charge < -0.3 is 15.6 Å². The molecule has 0 aromatic carbocycles. The minimum Gasteiger partial charge on any atom is -0.480 e. The van der Waals surface area contributed by atoms with Crippen LogP contribution in [0, 0.1) is 0 Å². The average molecular weight is 167 g/mol. The van der Waals surface area contributed by atoms with E-state index in [-0.39, 0.29) is 5.75 Å². The Labute approximate surface area is 65.8 Å². The molecule has 0 saturated heterocycles. The first-order valence-electron chi connectivity index (χ1n) is 2.59. The second-order valence-electron chi connectivity index (χ2n) is 1.54. The summed E-state index contributed by atoms with van der Waals surface area (Å²) in [7, 11) is 3.25. The molecule has 0 aliphatic carbocycles. The summed E-state index contributed by atoms with van der Waals surface area (Å²) in [5.41, 5.74) is 4.94. The van der Waals surface area contributed by atoms with Crippen molar-refractivity contribution < 1.29 is 14.6 Å². The van der Waals surface area contributed by atoms with Crippen molar-refractivity contribution >= 4 is 18.6 Å². The van der Waals surface area contributed by atoms with E-state index in [0.29, 0.717) is 0 Å². The Morgan fingerprint density at radius 2 is 2.10 bits per heavy atom. The summed E-state index contributed by atoms with van der Waals surface area (Å²) in [5.74, 6) is -0.815. The second-order valence-corrected chi connectivity index (χ2v) is 1.90. The van der Waals surface area contributed by atoms with Crippen molar-refractivity contribution in [2.45, 2.75) is 6.04 Å². The largest absolute Gasteiger partial charge is 0.480 e. The van der Waals surface area contributed by atoms with Crippen molar-refractivity contribution in [1.82, 2.24) is 0 Å². The molecule has 0 aromatic heterocycles. The first kappa shape index (κ1) is 12.4. The summed E-state index contributed by atoms with van der Waals surface area (Å²) in [6.45, 7) is 0. The second kappa shape index (κ2) is 8.74. The van der Waals surface area contributed by atoms with Gasteiger partial charge in [0.15, 0.2) is 0 Å². The van der Waals surface area contributed by atoms with Gasteiger partial charge in [-0.15, -0.1) is 0 Å². The third kappa shape index (κ3) is 10.7. The Kier molecular flexibility index (Phi) is 10.9. The summed E-state index contributed by atoms with van der Waals surface area (Å²) in [4.78, 5) is 9.76. The summed E-state index contributed by atoms with van der Waals surface area (Å²) >= 11 is 3.65. The highest BCUT2D eigenvalue weighted by Gasteiger charge is 2.06. The van der Waals surface area contributed by atoms with E-state index in [9.17, 15) is 4.79 Å². The molecule has 5 heteroatoms. The summed E-state index contributed by atoms with van der Waals surface area (Å²) < 4.78 is 4.25. The van der Waals surface area contributed by atoms with E-state index in [1.165, 1.54) is 0 Å². The molecule has 0 aliphatic rings. The SMILES string of the molecule is COC.NC(CS)C(=O)O. The van der Waals surface area contributed by atoms with Crippen LogP contribution in [-0.2, 0) is 9.53 Å². The van der Waals surface area contributed by atoms with Gasteiger partial charge in [-0.3, -0.25) is 4.79 Å². The molecule has 0 aromatic rings. The average Bonchev–Trinajstić information content (AvgIpc) is 1.88. The van der Waals surface area contributed by atoms with Gasteiger partial charge in [-0.2, -0.15) is 12.6 Å². The maximum Gasteiger partial charge on any atom is 0.321 e. The highest BCUT2D eigenvalue weighted by Crippen LogP contribution is 1.80. The van der Waals surface area contributed by atoms with Crippen molar-refractivity contribution in [3.8, 4) is 0 Å². The van der Waals surface area contributed by atoms with Crippen LogP contribution in [0.5, 0.6) is 0 Å². The van der Waals surface area contributed by atoms with Gasteiger partial charge in [0.2, 0.25) is 0 Å². The molecule has 62 valence electrons. The number of thiol groups is 1. The Bertz CT molecular complexity index is 89.0. The zero-order chi connectivity index (χ0) is 8.57. The maximum atomic E-state index is 9.76. The van der Waals surface area contributed by atoms with Crippen molar-refractivity contribution in [3.63, 3.8) is 0 Å². The highest BCUT2D eigenvalue weighted by molar-refractivity contribution is 7.80. The molecule has 0 bridgehead atoms. The van der Waals surface area contributed by atoms with Gasteiger partial charge >= 0.3 is 5.97 Å². The van der Waals surface area contributed by atoms with Gasteiger partial charge in [0.1, 0.15) is 6.04 Å². The predicted molar refractivity (Wildman–Crippen MR) is 42.4 cm³/mol. The number of hydrogen-bond acceptors (Lipinski definition) is 4. The van der Waals surface area contributed by atoms with Crippen LogP contribution in [0.15, 0.2) is 0 Å². The van der Waals surface area contributed by atoms with Crippen molar-refractivity contribution in [2.75, 3.05) is 20.0 Å². The van der Waals surface area contributed by atoms with Crippen LogP contribution in [0.4, 0.5) is 0 Å². The van der Waals surface area contributed by atoms with Crippen LogP contribution in [0.2, 0.25) is 0 Å². The molecular weight excluding hydrogens is 154 g/mol. The fraction of sp³-hybridized carbons (Fsp3) is 0.800. The van der Waals surface area contributed by atoms with E-state index in [4.69, 9.17) is 10.8 Å². The number of carbonyl (C=O) groups is 1. The fourth-order valence-corrected chi connectivity index (χ4v) is 0.234. The molecule has 0 heterocycles. The van der Waals surface area contributed by atoms with Crippen LogP contribution < -0.4 is 5.73 Å². The molecule has 0 radical (unpaired) electrons. The van der Waals surface area contributed by atoms with E-state index in [2.05, 4.69) is 17.4 Å². The Balaban J connectivity index is 0. The van der Waals surface area contributed by atoms with Crippen LogP contribution in [0.3, 0.4) is 0 Å². The number of methoxy groups -OCH3 is 1. The van der Waals surface area contributed by atoms with Crippen LogP contribution >= 0.6 is 12.6 Å². The van der Waals surface area contributed by atoms with Crippen molar-refractivity contribution in [2.24, 2.45) is 5.73 Å². The lowest BCUT2D eigenvalue weighted by Crippen LogP contribution is -2.31. The van der Waals surface area contributed by atoms with Crippen molar-refractivity contribution in [1.29, 1.82) is 0 Å². The third-order valence-corrected chi connectivity index (χ3v) is 0.907. The molecule has 0 rings (SSSR count). The maximum absolute atomic E-state index is 9.76. The molecule has 1 atom stereocenters. The molecule has 1 unspecified atom stereocenters. The van der Waals surface area contributed by atoms with E-state index >= 15 is 0 Å². The van der Waals surface area contributed by atoms with Crippen LogP contribution in [0.1, 0.15) is 0 Å². The molecule has 0 spiro atoms. The number of ether oxygens (including phenoxy) is 1. The van der Waals surface area contributed by atoms with Crippen LogP contribution in [-0.4, -0.2) is 37.1 Å². The minimum atomic E-state index is -1.00. The lowest BCUT2D eigenvalue weighted by Gasteiger charge is -1.96. The molecule has 0 aliphatic heterocycles. The molecule has 10 heavy (non-hydrogen) atoms. The van der Waals surface area contributed by atoms with Crippen LogP contribution in [0.25, 0.3) is 0 Å². The number of carboxylic acids is 1. The van der Waals surface area contributed by atoms with Gasteiger partial charge in [0.25, 0.3) is 0 Å². The Morgan fingerprint density at radius 1 is 1.80 bits per heavy atom. The first-order chi connectivity index (χ1) is 4.59. The summed E-state index contributed by atoms with van der Waals surface area (Å²) in [6.07, 6.45) is 0. The van der Waals surface area contributed by atoms with E-state index in [1.807, 2.05) is 0 Å².